The van der Waals surface area contributed by atoms with Gasteiger partial charge in [-0.1, -0.05) is 24.3 Å². The highest BCUT2D eigenvalue weighted by Crippen LogP contribution is 2.32. The Bertz CT molecular complexity index is 277. The number of aryl methyl sites for hydroxylation is 1. The molecule has 2 heteroatoms. The molecule has 0 amide bonds. The molecule has 0 aliphatic carbocycles. The molecule has 1 aliphatic rings. The largest absolute Gasteiger partial charge is 0.320 e. The first kappa shape index (κ1) is 7.77. The number of rotatable bonds is 1. The Morgan fingerprint density at radius 1 is 1.17 bits per heavy atom. The van der Waals surface area contributed by atoms with E-state index in [1.807, 2.05) is 25.1 Å². The molecule has 12 heavy (non-hydrogen) atoms. The first-order valence-corrected chi connectivity index (χ1v) is 4.14. The molecule has 1 saturated heterocycles. The monoisotopic (exact) mass is 164 g/mol. The van der Waals surface area contributed by atoms with Crippen molar-refractivity contribution in [3.8, 4) is 0 Å². The molecule has 1 aliphatic heterocycles. The SMILES string of the molecule is Cc1ccccc1C1OC(C)O1. The van der Waals surface area contributed by atoms with Crippen LogP contribution >= 0.6 is 0 Å². The van der Waals surface area contributed by atoms with Gasteiger partial charge in [0.05, 0.1) is 0 Å². The van der Waals surface area contributed by atoms with Crippen LogP contribution in [0.1, 0.15) is 24.3 Å². The summed E-state index contributed by atoms with van der Waals surface area (Å²) in [6.45, 7) is 3.96. The summed E-state index contributed by atoms with van der Waals surface area (Å²) in [6, 6.07) is 8.11. The average molecular weight is 164 g/mol. The maximum Gasteiger partial charge on any atom is 0.190 e. The molecule has 0 N–H and O–H groups in total. The smallest absolute Gasteiger partial charge is 0.190 e. The molecule has 1 aromatic carbocycles. The highest BCUT2D eigenvalue weighted by molar-refractivity contribution is 5.27. The maximum absolute atomic E-state index is 5.38. The quantitative estimate of drug-likeness (QED) is 0.634. The lowest BCUT2D eigenvalue weighted by atomic mass is 10.1. The van der Waals surface area contributed by atoms with Gasteiger partial charge in [-0.2, -0.15) is 0 Å². The molecule has 2 nitrogen and oxygen atoms in total. The van der Waals surface area contributed by atoms with Crippen molar-refractivity contribution in [3.05, 3.63) is 35.4 Å². The molecule has 1 fully saturated rings. The Kier molecular flexibility index (Phi) is 1.87. The van der Waals surface area contributed by atoms with Gasteiger partial charge in [0.2, 0.25) is 0 Å². The zero-order valence-corrected chi connectivity index (χ0v) is 7.28. The molecule has 0 spiro atoms. The van der Waals surface area contributed by atoms with Crippen LogP contribution in [0.25, 0.3) is 0 Å². The van der Waals surface area contributed by atoms with Crippen molar-refractivity contribution < 1.29 is 9.47 Å². The van der Waals surface area contributed by atoms with Gasteiger partial charge < -0.3 is 9.47 Å². The van der Waals surface area contributed by atoms with Crippen LogP contribution in [-0.4, -0.2) is 6.29 Å². The number of benzene rings is 1. The molecule has 0 bridgehead atoms. The standard InChI is InChI=1S/C10H12O2/c1-7-5-3-4-6-9(7)10-11-8(2)12-10/h3-6,8,10H,1-2H3. The summed E-state index contributed by atoms with van der Waals surface area (Å²) in [5.41, 5.74) is 2.35. The normalized spacial score (nSPS) is 28.2. The third-order valence-corrected chi connectivity index (χ3v) is 2.07. The summed E-state index contributed by atoms with van der Waals surface area (Å²) in [6.07, 6.45) is -0.184. The second kappa shape index (κ2) is 2.88. The molecule has 0 unspecified atom stereocenters. The Hall–Kier alpha value is -0.860. The Labute approximate surface area is 72.1 Å². The first-order chi connectivity index (χ1) is 5.77. The Morgan fingerprint density at radius 2 is 1.83 bits per heavy atom. The fourth-order valence-electron chi connectivity index (χ4n) is 1.36. The van der Waals surface area contributed by atoms with Gasteiger partial charge in [-0.05, 0) is 19.4 Å². The second-order valence-corrected chi connectivity index (χ2v) is 3.03. The minimum absolute atomic E-state index is 0.0467. The van der Waals surface area contributed by atoms with Crippen molar-refractivity contribution in [2.24, 2.45) is 0 Å². The lowest BCUT2D eigenvalue weighted by molar-refractivity contribution is -0.382. The fourth-order valence-corrected chi connectivity index (χ4v) is 1.36. The topological polar surface area (TPSA) is 18.5 Å². The molecule has 64 valence electrons. The van der Waals surface area contributed by atoms with E-state index < -0.39 is 0 Å². The molecular weight excluding hydrogens is 152 g/mol. The average Bonchev–Trinajstić information content (AvgIpc) is 2.01. The Balaban J connectivity index is 2.18. The van der Waals surface area contributed by atoms with Gasteiger partial charge in [-0.25, -0.2) is 0 Å². The molecule has 0 aromatic heterocycles. The van der Waals surface area contributed by atoms with Crippen molar-refractivity contribution in [2.45, 2.75) is 26.4 Å². The third-order valence-electron chi connectivity index (χ3n) is 2.07. The minimum atomic E-state index is -0.138. The van der Waals surface area contributed by atoms with Crippen molar-refractivity contribution in [3.63, 3.8) is 0 Å². The van der Waals surface area contributed by atoms with E-state index in [2.05, 4.69) is 13.0 Å². The van der Waals surface area contributed by atoms with E-state index in [9.17, 15) is 0 Å². The molecule has 0 saturated carbocycles. The highest BCUT2D eigenvalue weighted by atomic mass is 16.9. The summed E-state index contributed by atoms with van der Waals surface area (Å²) in [7, 11) is 0. The van der Waals surface area contributed by atoms with Crippen molar-refractivity contribution in [2.75, 3.05) is 0 Å². The van der Waals surface area contributed by atoms with Crippen LogP contribution in [0.5, 0.6) is 0 Å². The Morgan fingerprint density at radius 3 is 2.42 bits per heavy atom. The maximum atomic E-state index is 5.38. The van der Waals surface area contributed by atoms with Crippen molar-refractivity contribution in [1.29, 1.82) is 0 Å². The second-order valence-electron chi connectivity index (χ2n) is 3.03. The first-order valence-electron chi connectivity index (χ1n) is 4.14. The predicted octanol–water partition coefficient (Wildman–Crippen LogP) is 2.39. The van der Waals surface area contributed by atoms with Crippen LogP contribution in [-0.2, 0) is 9.47 Å². The zero-order chi connectivity index (χ0) is 8.55. The van der Waals surface area contributed by atoms with E-state index in [0.29, 0.717) is 0 Å². The van der Waals surface area contributed by atoms with Gasteiger partial charge in [-0.3, -0.25) is 0 Å². The summed E-state index contributed by atoms with van der Waals surface area (Å²) < 4.78 is 10.8. The van der Waals surface area contributed by atoms with Crippen LogP contribution in [0.4, 0.5) is 0 Å². The van der Waals surface area contributed by atoms with E-state index >= 15 is 0 Å². The van der Waals surface area contributed by atoms with E-state index in [1.165, 1.54) is 5.56 Å². The lowest BCUT2D eigenvalue weighted by Gasteiger charge is -2.34. The van der Waals surface area contributed by atoms with Gasteiger partial charge in [0.25, 0.3) is 0 Å². The molecule has 0 radical (unpaired) electrons. The highest BCUT2D eigenvalue weighted by Gasteiger charge is 2.28. The predicted molar refractivity (Wildman–Crippen MR) is 45.6 cm³/mol. The van der Waals surface area contributed by atoms with Gasteiger partial charge in [0, 0.05) is 5.56 Å². The van der Waals surface area contributed by atoms with Crippen LogP contribution in [0, 0.1) is 6.92 Å². The zero-order valence-electron chi connectivity index (χ0n) is 7.28. The summed E-state index contributed by atoms with van der Waals surface area (Å²) >= 11 is 0. The summed E-state index contributed by atoms with van der Waals surface area (Å²) in [4.78, 5) is 0. The molecule has 0 atom stereocenters. The van der Waals surface area contributed by atoms with E-state index in [1.54, 1.807) is 0 Å². The molecule has 1 aromatic rings. The molecular formula is C10H12O2. The number of hydrogen-bond donors (Lipinski definition) is 0. The number of hydrogen-bond acceptors (Lipinski definition) is 2. The third kappa shape index (κ3) is 1.24. The van der Waals surface area contributed by atoms with E-state index in [4.69, 9.17) is 9.47 Å². The lowest BCUT2D eigenvalue weighted by Crippen LogP contribution is -2.31. The van der Waals surface area contributed by atoms with Crippen LogP contribution in [0.15, 0.2) is 24.3 Å². The number of ether oxygens (including phenoxy) is 2. The van der Waals surface area contributed by atoms with Gasteiger partial charge in [-0.15, -0.1) is 0 Å². The summed E-state index contributed by atoms with van der Waals surface area (Å²) in [5.74, 6) is 0. The van der Waals surface area contributed by atoms with Crippen LogP contribution < -0.4 is 0 Å². The molecule has 1 heterocycles. The summed E-state index contributed by atoms with van der Waals surface area (Å²) in [5, 5.41) is 0. The van der Waals surface area contributed by atoms with Crippen LogP contribution in [0.2, 0.25) is 0 Å². The van der Waals surface area contributed by atoms with E-state index in [0.717, 1.165) is 5.56 Å². The van der Waals surface area contributed by atoms with E-state index in [-0.39, 0.29) is 12.6 Å². The van der Waals surface area contributed by atoms with Gasteiger partial charge in [0.1, 0.15) is 0 Å². The minimum Gasteiger partial charge on any atom is -0.320 e. The molecule has 2 rings (SSSR count). The van der Waals surface area contributed by atoms with Gasteiger partial charge >= 0.3 is 0 Å². The van der Waals surface area contributed by atoms with Crippen LogP contribution in [0.3, 0.4) is 0 Å². The fraction of sp³-hybridized carbons (Fsp3) is 0.400. The van der Waals surface area contributed by atoms with Crippen molar-refractivity contribution in [1.82, 2.24) is 0 Å². The van der Waals surface area contributed by atoms with Crippen molar-refractivity contribution >= 4 is 0 Å². The van der Waals surface area contributed by atoms with Gasteiger partial charge in [0.15, 0.2) is 12.6 Å².